The van der Waals surface area contributed by atoms with Gasteiger partial charge in [0, 0.05) is 16.5 Å². The molecular weight excluding hydrogens is 162 g/mol. The molecule has 0 bridgehead atoms. The number of rotatable bonds is 2. The van der Waals surface area contributed by atoms with Crippen LogP contribution in [0.5, 0.6) is 0 Å². The van der Waals surface area contributed by atoms with Crippen LogP contribution >= 0.6 is 0 Å². The molecule has 2 nitrogen and oxygen atoms in total. The lowest BCUT2D eigenvalue weighted by molar-refractivity contribution is 0.382. The average molecular weight is 179 g/mol. The Bertz CT molecular complexity index is 321. The van der Waals surface area contributed by atoms with Gasteiger partial charge in [-0.05, 0) is 25.8 Å². The summed E-state index contributed by atoms with van der Waals surface area (Å²) in [6.07, 6.45) is 4.01. The maximum Gasteiger partial charge on any atom is 0.104 e. The summed E-state index contributed by atoms with van der Waals surface area (Å²) in [6, 6.07) is 2.04. The monoisotopic (exact) mass is 179 g/mol. The molecule has 0 aliphatic heterocycles. The molecule has 1 aliphatic carbocycles. The van der Waals surface area contributed by atoms with Crippen molar-refractivity contribution in [3.8, 4) is 0 Å². The third kappa shape index (κ3) is 1.12. The van der Waals surface area contributed by atoms with Gasteiger partial charge in [-0.3, -0.25) is 0 Å². The van der Waals surface area contributed by atoms with Crippen LogP contribution in [0.25, 0.3) is 0 Å². The maximum absolute atomic E-state index is 6.24. The van der Waals surface area contributed by atoms with E-state index in [-0.39, 0.29) is 11.0 Å². The van der Waals surface area contributed by atoms with Crippen LogP contribution in [0.2, 0.25) is 0 Å². The van der Waals surface area contributed by atoms with Gasteiger partial charge in [-0.2, -0.15) is 0 Å². The Balaban J connectivity index is 2.40. The number of hydrogen-bond donors (Lipinski definition) is 1. The van der Waals surface area contributed by atoms with Crippen LogP contribution in [0.15, 0.2) is 16.7 Å². The Kier molecular flexibility index (Phi) is 1.62. The first kappa shape index (κ1) is 8.82. The number of aryl methyl sites for hydroxylation is 1. The number of hydrogen-bond acceptors (Lipinski definition) is 2. The van der Waals surface area contributed by atoms with Crippen molar-refractivity contribution in [3.05, 3.63) is 23.7 Å². The van der Waals surface area contributed by atoms with Crippen molar-refractivity contribution < 1.29 is 4.42 Å². The Hall–Kier alpha value is -0.760. The zero-order chi connectivity index (χ0) is 9.69. The second kappa shape index (κ2) is 2.38. The molecule has 1 heterocycles. The fourth-order valence-corrected chi connectivity index (χ4v) is 2.06. The minimum absolute atomic E-state index is 0.00162. The highest BCUT2D eigenvalue weighted by atomic mass is 16.3. The molecule has 13 heavy (non-hydrogen) atoms. The second-order valence-corrected chi connectivity index (χ2v) is 4.67. The fourth-order valence-electron chi connectivity index (χ4n) is 2.06. The van der Waals surface area contributed by atoms with E-state index in [1.54, 1.807) is 6.26 Å². The zero-order valence-corrected chi connectivity index (χ0v) is 8.55. The minimum atomic E-state index is 0.00162. The molecule has 1 aliphatic rings. The quantitative estimate of drug-likeness (QED) is 0.757. The second-order valence-electron chi connectivity index (χ2n) is 4.67. The zero-order valence-electron chi connectivity index (χ0n) is 8.55. The smallest absolute Gasteiger partial charge is 0.104 e. The van der Waals surface area contributed by atoms with E-state index in [1.165, 1.54) is 5.56 Å². The molecule has 0 amide bonds. The molecule has 0 radical (unpaired) electrons. The first-order valence-electron chi connectivity index (χ1n) is 4.81. The summed E-state index contributed by atoms with van der Waals surface area (Å²) >= 11 is 0. The van der Waals surface area contributed by atoms with Gasteiger partial charge < -0.3 is 10.2 Å². The highest BCUT2D eigenvalue weighted by Gasteiger charge is 2.52. The lowest BCUT2D eigenvalue weighted by Gasteiger charge is -2.31. The van der Waals surface area contributed by atoms with E-state index >= 15 is 0 Å². The third-order valence-electron chi connectivity index (χ3n) is 3.57. The highest BCUT2D eigenvalue weighted by Crippen LogP contribution is 2.49. The normalized spacial score (nSPS) is 20.3. The van der Waals surface area contributed by atoms with Crippen LogP contribution < -0.4 is 5.73 Å². The molecule has 1 fully saturated rings. The van der Waals surface area contributed by atoms with Gasteiger partial charge in [0.2, 0.25) is 0 Å². The van der Waals surface area contributed by atoms with Crippen molar-refractivity contribution in [2.24, 2.45) is 5.73 Å². The molecule has 0 atom stereocenters. The van der Waals surface area contributed by atoms with Crippen molar-refractivity contribution in [2.75, 3.05) is 0 Å². The summed E-state index contributed by atoms with van der Waals surface area (Å²) in [4.78, 5) is 0. The SMILES string of the molecule is Cc1occc1C(C)(C)C1(N)CC1. The standard InChI is InChI=1S/C11H17NO/c1-8-9(4-7-13-8)10(2,3)11(12)5-6-11/h4,7H,5-6,12H2,1-3H3. The summed E-state index contributed by atoms with van der Waals surface area (Å²) in [7, 11) is 0. The predicted molar refractivity (Wildman–Crippen MR) is 52.6 cm³/mol. The summed E-state index contributed by atoms with van der Waals surface area (Å²) in [5.74, 6) is 1.00. The van der Waals surface area contributed by atoms with Gasteiger partial charge in [0.05, 0.1) is 6.26 Å². The minimum Gasteiger partial charge on any atom is -0.469 e. The Labute approximate surface area is 79.1 Å². The molecule has 0 spiro atoms. The molecular formula is C11H17NO. The van der Waals surface area contributed by atoms with E-state index < -0.39 is 0 Å². The van der Waals surface area contributed by atoms with Crippen LogP contribution in [0.3, 0.4) is 0 Å². The molecule has 1 aromatic rings. The Morgan fingerprint density at radius 2 is 2.08 bits per heavy atom. The van der Waals surface area contributed by atoms with Crippen molar-refractivity contribution in [2.45, 2.75) is 44.6 Å². The molecule has 1 saturated carbocycles. The number of furan rings is 1. The predicted octanol–water partition coefficient (Wildman–Crippen LogP) is 2.36. The van der Waals surface area contributed by atoms with Crippen LogP contribution in [-0.2, 0) is 5.41 Å². The lowest BCUT2D eigenvalue weighted by atomic mass is 9.76. The molecule has 72 valence electrons. The summed E-state index contributed by atoms with van der Waals surface area (Å²) in [5, 5.41) is 0. The Morgan fingerprint density at radius 1 is 1.46 bits per heavy atom. The van der Waals surface area contributed by atoms with E-state index in [9.17, 15) is 0 Å². The van der Waals surface area contributed by atoms with Crippen molar-refractivity contribution >= 4 is 0 Å². The van der Waals surface area contributed by atoms with Crippen molar-refractivity contribution in [1.29, 1.82) is 0 Å². The molecule has 0 aromatic carbocycles. The van der Waals surface area contributed by atoms with Gasteiger partial charge in [-0.1, -0.05) is 13.8 Å². The van der Waals surface area contributed by atoms with Crippen LogP contribution in [-0.4, -0.2) is 5.54 Å². The molecule has 0 saturated heterocycles. The van der Waals surface area contributed by atoms with Gasteiger partial charge in [0.25, 0.3) is 0 Å². The van der Waals surface area contributed by atoms with Crippen molar-refractivity contribution in [1.82, 2.24) is 0 Å². The summed E-state index contributed by atoms with van der Waals surface area (Å²) in [6.45, 7) is 6.42. The van der Waals surface area contributed by atoms with E-state index in [4.69, 9.17) is 10.2 Å². The Morgan fingerprint density at radius 3 is 2.46 bits per heavy atom. The highest BCUT2D eigenvalue weighted by molar-refractivity contribution is 5.33. The van der Waals surface area contributed by atoms with Gasteiger partial charge in [-0.15, -0.1) is 0 Å². The molecule has 2 N–H and O–H groups in total. The maximum atomic E-state index is 6.24. The van der Waals surface area contributed by atoms with E-state index in [1.807, 2.05) is 13.0 Å². The molecule has 2 rings (SSSR count). The van der Waals surface area contributed by atoms with Crippen LogP contribution in [0.1, 0.15) is 38.0 Å². The fraction of sp³-hybridized carbons (Fsp3) is 0.636. The summed E-state index contributed by atoms with van der Waals surface area (Å²) < 4.78 is 5.32. The van der Waals surface area contributed by atoms with Gasteiger partial charge >= 0.3 is 0 Å². The molecule has 2 heteroatoms. The van der Waals surface area contributed by atoms with Crippen molar-refractivity contribution in [3.63, 3.8) is 0 Å². The number of nitrogens with two attached hydrogens (primary N) is 1. The topological polar surface area (TPSA) is 39.2 Å². The van der Waals surface area contributed by atoms with Gasteiger partial charge in [-0.25, -0.2) is 0 Å². The van der Waals surface area contributed by atoms with Gasteiger partial charge in [0.15, 0.2) is 0 Å². The van der Waals surface area contributed by atoms with E-state index in [0.29, 0.717) is 0 Å². The van der Waals surface area contributed by atoms with E-state index in [0.717, 1.165) is 18.6 Å². The third-order valence-corrected chi connectivity index (χ3v) is 3.57. The molecule has 1 aromatic heterocycles. The average Bonchev–Trinajstić information content (AvgIpc) is 2.63. The van der Waals surface area contributed by atoms with Gasteiger partial charge in [0.1, 0.15) is 5.76 Å². The molecule has 0 unspecified atom stereocenters. The largest absolute Gasteiger partial charge is 0.469 e. The lowest BCUT2D eigenvalue weighted by Crippen LogP contribution is -2.43. The first-order chi connectivity index (χ1) is 5.97. The van der Waals surface area contributed by atoms with Crippen LogP contribution in [0, 0.1) is 6.92 Å². The summed E-state index contributed by atoms with van der Waals surface area (Å²) in [5.41, 5.74) is 7.55. The first-order valence-corrected chi connectivity index (χ1v) is 4.81. The van der Waals surface area contributed by atoms with E-state index in [2.05, 4.69) is 13.8 Å². The van der Waals surface area contributed by atoms with Crippen LogP contribution in [0.4, 0.5) is 0 Å².